The third-order valence-electron chi connectivity index (χ3n) is 4.62. The van der Waals surface area contributed by atoms with Crippen molar-refractivity contribution in [3.8, 4) is 0 Å². The minimum absolute atomic E-state index is 0.0132. The highest BCUT2D eigenvalue weighted by molar-refractivity contribution is 7.93. The van der Waals surface area contributed by atoms with E-state index in [1.54, 1.807) is 35.2 Å². The second kappa shape index (κ2) is 11.0. The van der Waals surface area contributed by atoms with E-state index < -0.39 is 15.9 Å². The quantitative estimate of drug-likeness (QED) is 0.547. The number of likely N-dealkylation sites (N-methyl/N-ethyl adjacent to an activating group) is 1. The molecule has 0 radical (unpaired) electrons. The van der Waals surface area contributed by atoms with Crippen LogP contribution >= 0.6 is 11.6 Å². The summed E-state index contributed by atoms with van der Waals surface area (Å²) < 4.78 is 27.9. The normalized spacial score (nSPS) is 10.9. The van der Waals surface area contributed by atoms with Crippen LogP contribution in [-0.2, 0) is 14.8 Å². The molecule has 0 bridgehead atoms. The first kappa shape index (κ1) is 24.4. The Balaban J connectivity index is 2.33. The predicted molar refractivity (Wildman–Crippen MR) is 123 cm³/mol. The summed E-state index contributed by atoms with van der Waals surface area (Å²) in [5.74, 6) is -0.787. The number of hydrogen-bond acceptors (Lipinski definition) is 4. The molecule has 2 rings (SSSR count). The lowest BCUT2D eigenvalue weighted by Crippen LogP contribution is -2.40. The maximum Gasteiger partial charge on any atom is 0.266 e. The van der Waals surface area contributed by atoms with Crippen LogP contribution in [0.1, 0.15) is 24.2 Å². The Morgan fingerprint density at radius 2 is 1.74 bits per heavy atom. The molecule has 1 N–H and O–H groups in total. The topological polar surface area (TPSA) is 86.8 Å². The molecule has 0 aliphatic heterocycles. The third kappa shape index (κ3) is 5.86. The van der Waals surface area contributed by atoms with Crippen molar-refractivity contribution in [1.29, 1.82) is 0 Å². The molecule has 31 heavy (non-hydrogen) atoms. The molecule has 0 aliphatic carbocycles. The highest BCUT2D eigenvalue weighted by Gasteiger charge is 2.27. The molecule has 2 amide bonds. The van der Waals surface area contributed by atoms with Crippen LogP contribution in [0.3, 0.4) is 0 Å². The summed E-state index contributed by atoms with van der Waals surface area (Å²) in [5, 5.41) is 2.52. The van der Waals surface area contributed by atoms with Crippen molar-refractivity contribution in [2.45, 2.75) is 18.7 Å². The first-order chi connectivity index (χ1) is 14.8. The molecule has 0 saturated heterocycles. The number of amides is 2. The maximum absolute atomic E-state index is 13.4. The smallest absolute Gasteiger partial charge is 0.266 e. The van der Waals surface area contributed by atoms with Gasteiger partial charge in [0.15, 0.2) is 0 Å². The molecule has 2 aromatic rings. The summed E-state index contributed by atoms with van der Waals surface area (Å²) in [6.07, 6.45) is 1.47. The molecule has 0 unspecified atom stereocenters. The molecule has 0 heterocycles. The van der Waals surface area contributed by atoms with Gasteiger partial charge in [0.25, 0.3) is 15.9 Å². The van der Waals surface area contributed by atoms with E-state index in [4.69, 9.17) is 11.6 Å². The number of halogens is 1. The predicted octanol–water partition coefficient (Wildman–Crippen LogP) is 3.32. The largest absolute Gasteiger partial charge is 0.343 e. The van der Waals surface area contributed by atoms with Gasteiger partial charge in [-0.05, 0) is 44.2 Å². The average molecular weight is 464 g/mol. The van der Waals surface area contributed by atoms with Gasteiger partial charge in [0, 0.05) is 18.7 Å². The van der Waals surface area contributed by atoms with Crippen molar-refractivity contribution in [2.24, 2.45) is 0 Å². The number of hydrogen-bond donors (Lipinski definition) is 1. The Morgan fingerprint density at radius 3 is 2.32 bits per heavy atom. The van der Waals surface area contributed by atoms with Gasteiger partial charge in [-0.3, -0.25) is 13.9 Å². The zero-order chi connectivity index (χ0) is 23.0. The van der Waals surface area contributed by atoms with Crippen LogP contribution in [0.2, 0.25) is 5.02 Å². The fraction of sp³-hybridized carbons (Fsp3) is 0.273. The lowest BCUT2D eigenvalue weighted by atomic mass is 10.2. The van der Waals surface area contributed by atoms with Gasteiger partial charge in [-0.15, -0.1) is 6.58 Å². The molecule has 0 saturated carbocycles. The van der Waals surface area contributed by atoms with Crippen molar-refractivity contribution in [2.75, 3.05) is 30.5 Å². The number of sulfonamides is 1. The van der Waals surface area contributed by atoms with Gasteiger partial charge in [0.2, 0.25) is 5.91 Å². The van der Waals surface area contributed by atoms with Crippen LogP contribution in [0.4, 0.5) is 5.69 Å². The number of para-hydroxylation sites is 1. The molecule has 0 aromatic heterocycles. The lowest BCUT2D eigenvalue weighted by Gasteiger charge is -2.24. The first-order valence-corrected chi connectivity index (χ1v) is 11.6. The van der Waals surface area contributed by atoms with Crippen LogP contribution in [0.25, 0.3) is 0 Å². The van der Waals surface area contributed by atoms with Gasteiger partial charge >= 0.3 is 0 Å². The van der Waals surface area contributed by atoms with Crippen molar-refractivity contribution >= 4 is 39.1 Å². The fourth-order valence-corrected chi connectivity index (χ4v) is 4.90. The Labute approximate surface area is 188 Å². The average Bonchev–Trinajstić information content (AvgIpc) is 2.77. The van der Waals surface area contributed by atoms with Crippen LogP contribution in [0.5, 0.6) is 0 Å². The number of carbonyl (C=O) groups excluding carboxylic acids is 2. The molecule has 2 aromatic carbocycles. The standard InChI is InChI=1S/C22H26ClN3O4S/c1-4-14-26(18-10-8-7-9-11-18)31(29,30)20-15-17(12-13-19(20)23)22(28)24-16-21(27)25(5-2)6-3/h4,7-13,15H,1,5-6,14,16H2,2-3H3,(H,24,28). The molecule has 7 nitrogen and oxygen atoms in total. The van der Waals surface area contributed by atoms with E-state index in [2.05, 4.69) is 11.9 Å². The zero-order valence-corrected chi connectivity index (χ0v) is 19.1. The molecule has 166 valence electrons. The van der Waals surface area contributed by atoms with E-state index in [1.165, 1.54) is 24.3 Å². The summed E-state index contributed by atoms with van der Waals surface area (Å²) in [5.41, 5.74) is 0.528. The number of nitrogens with one attached hydrogen (secondary N) is 1. The van der Waals surface area contributed by atoms with Crippen molar-refractivity contribution in [3.05, 3.63) is 71.8 Å². The van der Waals surface area contributed by atoms with Crippen LogP contribution in [0, 0.1) is 0 Å². The van der Waals surface area contributed by atoms with Gasteiger partial charge < -0.3 is 10.2 Å². The van der Waals surface area contributed by atoms with Gasteiger partial charge in [-0.25, -0.2) is 8.42 Å². The minimum atomic E-state index is -4.08. The highest BCUT2D eigenvalue weighted by atomic mass is 35.5. The van der Waals surface area contributed by atoms with Gasteiger partial charge in [-0.2, -0.15) is 0 Å². The van der Waals surface area contributed by atoms with E-state index in [9.17, 15) is 18.0 Å². The first-order valence-electron chi connectivity index (χ1n) is 9.80. The van der Waals surface area contributed by atoms with Crippen molar-refractivity contribution in [3.63, 3.8) is 0 Å². The van der Waals surface area contributed by atoms with Crippen LogP contribution in [0.15, 0.2) is 66.1 Å². The van der Waals surface area contributed by atoms with E-state index >= 15 is 0 Å². The number of anilines is 1. The van der Waals surface area contributed by atoms with Crippen LogP contribution < -0.4 is 9.62 Å². The summed E-state index contributed by atoms with van der Waals surface area (Å²) in [6, 6.07) is 12.5. The molecular weight excluding hydrogens is 438 g/mol. The highest BCUT2D eigenvalue weighted by Crippen LogP contribution is 2.29. The molecule has 0 spiro atoms. The summed E-state index contributed by atoms with van der Waals surface area (Å²) >= 11 is 6.20. The molecule has 9 heteroatoms. The second-order valence-corrected chi connectivity index (χ2v) is 8.79. The van der Waals surface area contributed by atoms with E-state index in [0.717, 1.165) is 4.31 Å². The number of nitrogens with zero attached hydrogens (tertiary/aromatic N) is 2. The Kier molecular flexibility index (Phi) is 8.65. The molecule has 0 atom stereocenters. The fourth-order valence-electron chi connectivity index (χ4n) is 2.96. The summed E-state index contributed by atoms with van der Waals surface area (Å²) in [6.45, 7) is 8.24. The number of carbonyl (C=O) groups is 2. The van der Waals surface area contributed by atoms with E-state index in [-0.39, 0.29) is 34.5 Å². The van der Waals surface area contributed by atoms with E-state index in [1.807, 2.05) is 13.8 Å². The van der Waals surface area contributed by atoms with E-state index in [0.29, 0.717) is 18.8 Å². The van der Waals surface area contributed by atoms with Gasteiger partial charge in [0.05, 0.1) is 23.8 Å². The van der Waals surface area contributed by atoms with Gasteiger partial charge in [0.1, 0.15) is 4.90 Å². The Bertz CT molecular complexity index is 1040. The minimum Gasteiger partial charge on any atom is -0.343 e. The molecule has 0 fully saturated rings. The van der Waals surface area contributed by atoms with Crippen molar-refractivity contribution in [1.82, 2.24) is 10.2 Å². The zero-order valence-electron chi connectivity index (χ0n) is 17.5. The number of benzene rings is 2. The van der Waals surface area contributed by atoms with Crippen LogP contribution in [-0.4, -0.2) is 51.3 Å². The summed E-state index contributed by atoms with van der Waals surface area (Å²) in [7, 11) is -4.08. The van der Waals surface area contributed by atoms with Crippen molar-refractivity contribution < 1.29 is 18.0 Å². The summed E-state index contributed by atoms with van der Waals surface area (Å²) in [4.78, 5) is 26.1. The monoisotopic (exact) mass is 463 g/mol. The Morgan fingerprint density at radius 1 is 1.10 bits per heavy atom. The second-order valence-electron chi connectivity index (χ2n) is 6.55. The van der Waals surface area contributed by atoms with Gasteiger partial charge in [-0.1, -0.05) is 35.9 Å². The molecule has 0 aliphatic rings. The third-order valence-corrected chi connectivity index (χ3v) is 6.89. The lowest BCUT2D eigenvalue weighted by molar-refractivity contribution is -0.129. The SMILES string of the molecule is C=CCN(c1ccccc1)S(=O)(=O)c1cc(C(=O)NCC(=O)N(CC)CC)ccc1Cl. The maximum atomic E-state index is 13.4. The molecular formula is C22H26ClN3O4S. The number of rotatable bonds is 10. The Hall–Kier alpha value is -2.84.